The maximum atomic E-state index is 12.7. The second kappa shape index (κ2) is 7.79. The second-order valence-corrected chi connectivity index (χ2v) is 7.27. The number of fused-ring (bicyclic) bond motifs is 1. The van der Waals surface area contributed by atoms with E-state index in [4.69, 9.17) is 0 Å². The summed E-state index contributed by atoms with van der Waals surface area (Å²) in [6.45, 7) is 0.581. The normalized spacial score (nSPS) is 11.0. The molecule has 0 saturated heterocycles. The lowest BCUT2D eigenvalue weighted by Gasteiger charge is -2.05. The fourth-order valence-corrected chi connectivity index (χ4v) is 3.52. The zero-order valence-corrected chi connectivity index (χ0v) is 16.5. The Bertz CT molecular complexity index is 1400. The van der Waals surface area contributed by atoms with Crippen molar-refractivity contribution in [3.8, 4) is 11.3 Å². The highest BCUT2D eigenvalue weighted by atomic mass is 16.1. The molecule has 0 saturated carbocycles. The summed E-state index contributed by atoms with van der Waals surface area (Å²) in [5.41, 5.74) is 3.88. The van der Waals surface area contributed by atoms with Gasteiger partial charge in [-0.25, -0.2) is 0 Å². The van der Waals surface area contributed by atoms with Gasteiger partial charge in [-0.3, -0.25) is 14.3 Å². The van der Waals surface area contributed by atoms with Gasteiger partial charge in [0.1, 0.15) is 0 Å². The van der Waals surface area contributed by atoms with Gasteiger partial charge in [-0.1, -0.05) is 48.5 Å². The molecule has 0 fully saturated rings. The number of carbonyl (C=O) groups excluding carboxylic acids is 1. The highest BCUT2D eigenvalue weighted by Gasteiger charge is 2.12. The Kier molecular flexibility index (Phi) is 4.68. The van der Waals surface area contributed by atoms with Crippen molar-refractivity contribution in [1.29, 1.82) is 0 Å². The molecule has 0 aliphatic heterocycles. The van der Waals surface area contributed by atoms with Gasteiger partial charge in [-0.15, -0.1) is 0 Å². The van der Waals surface area contributed by atoms with Gasteiger partial charge in [0.25, 0.3) is 11.5 Å². The number of pyridine rings is 1. The Hall–Kier alpha value is -4.39. The lowest BCUT2D eigenvalue weighted by atomic mass is 10.2. The molecule has 31 heavy (non-hydrogen) atoms. The number of aromatic amines is 2. The van der Waals surface area contributed by atoms with E-state index < -0.39 is 0 Å². The monoisotopic (exact) mass is 409 g/mol. The van der Waals surface area contributed by atoms with Crippen LogP contribution in [0.4, 0.5) is 5.69 Å². The number of hydrogen-bond donors (Lipinski definition) is 3. The van der Waals surface area contributed by atoms with E-state index in [1.807, 2.05) is 60.7 Å². The Morgan fingerprint density at radius 1 is 1.03 bits per heavy atom. The van der Waals surface area contributed by atoms with Crippen molar-refractivity contribution in [3.63, 3.8) is 0 Å². The Labute approximate surface area is 177 Å². The van der Waals surface area contributed by atoms with Crippen LogP contribution in [0.3, 0.4) is 0 Å². The molecule has 3 N–H and O–H groups in total. The summed E-state index contributed by atoms with van der Waals surface area (Å²) < 4.78 is 1.72. The maximum absolute atomic E-state index is 12.7. The fourth-order valence-electron chi connectivity index (χ4n) is 3.52. The van der Waals surface area contributed by atoms with Crippen LogP contribution < -0.4 is 10.9 Å². The summed E-state index contributed by atoms with van der Waals surface area (Å²) in [4.78, 5) is 31.0. The predicted octanol–water partition coefficient (Wildman–Crippen LogP) is 4.02. The summed E-state index contributed by atoms with van der Waals surface area (Å²) in [6.07, 6.45) is 4.72. The van der Waals surface area contributed by atoms with Crippen molar-refractivity contribution in [2.45, 2.75) is 6.54 Å². The number of carbonyl (C=O) groups is 1. The van der Waals surface area contributed by atoms with Crippen molar-refractivity contribution in [3.05, 3.63) is 107 Å². The third-order valence-corrected chi connectivity index (χ3v) is 5.06. The molecular weight excluding hydrogens is 390 g/mol. The number of para-hydroxylation sites is 1. The Morgan fingerprint density at radius 3 is 2.68 bits per heavy atom. The van der Waals surface area contributed by atoms with Crippen LogP contribution in [0.2, 0.25) is 0 Å². The maximum Gasteiger partial charge on any atom is 0.258 e. The summed E-state index contributed by atoms with van der Waals surface area (Å²) in [7, 11) is 0. The molecule has 7 nitrogen and oxygen atoms in total. The van der Waals surface area contributed by atoms with Crippen molar-refractivity contribution in [1.82, 2.24) is 19.7 Å². The number of nitrogens with one attached hydrogen (secondary N) is 3. The first-order chi connectivity index (χ1) is 15.2. The van der Waals surface area contributed by atoms with Gasteiger partial charge in [-0.05, 0) is 23.8 Å². The number of benzene rings is 2. The molecule has 0 atom stereocenters. The molecule has 0 aliphatic rings. The zero-order valence-electron chi connectivity index (χ0n) is 16.5. The van der Waals surface area contributed by atoms with E-state index in [9.17, 15) is 9.59 Å². The van der Waals surface area contributed by atoms with Crippen molar-refractivity contribution >= 4 is 22.5 Å². The predicted molar refractivity (Wildman–Crippen MR) is 120 cm³/mol. The van der Waals surface area contributed by atoms with Crippen LogP contribution in [0.15, 0.2) is 90.1 Å². The molecule has 0 unspecified atom stereocenters. The number of nitrogens with zero attached hydrogens (tertiary/aromatic N) is 2. The summed E-state index contributed by atoms with van der Waals surface area (Å²) in [6, 6.07) is 21.3. The minimum absolute atomic E-state index is 0.236. The summed E-state index contributed by atoms with van der Waals surface area (Å²) >= 11 is 0. The number of anilines is 1. The van der Waals surface area contributed by atoms with Crippen molar-refractivity contribution in [2.75, 3.05) is 5.32 Å². The molecule has 3 aromatic heterocycles. The molecule has 1 amide bonds. The van der Waals surface area contributed by atoms with Crippen LogP contribution in [0, 0.1) is 0 Å². The molecule has 5 rings (SSSR count). The average Bonchev–Trinajstić information content (AvgIpc) is 3.43. The molecule has 2 aromatic carbocycles. The first-order valence-corrected chi connectivity index (χ1v) is 9.84. The Balaban J connectivity index is 1.36. The van der Waals surface area contributed by atoms with Gasteiger partial charge in [0.15, 0.2) is 0 Å². The fraction of sp³-hybridized carbons (Fsp3) is 0.0417. The van der Waals surface area contributed by atoms with E-state index in [0.29, 0.717) is 29.1 Å². The number of amides is 1. The molecule has 152 valence electrons. The van der Waals surface area contributed by atoms with Gasteiger partial charge in [0.05, 0.1) is 35.2 Å². The lowest BCUT2D eigenvalue weighted by Crippen LogP contribution is -2.15. The van der Waals surface area contributed by atoms with E-state index in [1.165, 1.54) is 12.4 Å². The van der Waals surface area contributed by atoms with Crippen LogP contribution in [-0.2, 0) is 6.54 Å². The first kappa shape index (κ1) is 18.6. The molecular formula is C24H19N5O2. The molecule has 0 radical (unpaired) electrons. The lowest BCUT2D eigenvalue weighted by molar-refractivity contribution is 0.102. The van der Waals surface area contributed by atoms with Crippen molar-refractivity contribution < 1.29 is 4.79 Å². The third-order valence-electron chi connectivity index (χ3n) is 5.06. The number of H-pyrrole nitrogens is 2. The quantitative estimate of drug-likeness (QED) is 0.409. The van der Waals surface area contributed by atoms with Crippen LogP contribution in [0.1, 0.15) is 15.9 Å². The number of hydrogen-bond acceptors (Lipinski definition) is 3. The van der Waals surface area contributed by atoms with Crippen LogP contribution >= 0.6 is 0 Å². The molecule has 3 heterocycles. The number of rotatable bonds is 5. The SMILES string of the molecule is O=C(Nc1c[nH]c(=O)c(-c2cc3ccccc3[nH]2)c1)c1cnn(Cc2ccccc2)c1. The topological polar surface area (TPSA) is 95.6 Å². The summed E-state index contributed by atoms with van der Waals surface area (Å²) in [5.74, 6) is -0.297. The van der Waals surface area contributed by atoms with Gasteiger partial charge in [0.2, 0.25) is 0 Å². The zero-order chi connectivity index (χ0) is 21.2. The van der Waals surface area contributed by atoms with Gasteiger partial charge in [-0.2, -0.15) is 5.10 Å². The van der Waals surface area contributed by atoms with Crippen molar-refractivity contribution in [2.24, 2.45) is 0 Å². The third kappa shape index (κ3) is 3.89. The van der Waals surface area contributed by atoms with Crippen LogP contribution in [-0.4, -0.2) is 25.7 Å². The molecule has 5 aromatic rings. The molecule has 0 bridgehead atoms. The minimum Gasteiger partial charge on any atom is -0.354 e. The molecule has 7 heteroatoms. The van der Waals surface area contributed by atoms with E-state index in [1.54, 1.807) is 16.9 Å². The number of aromatic nitrogens is 4. The van der Waals surface area contributed by atoms with Crippen LogP contribution in [0.5, 0.6) is 0 Å². The highest BCUT2D eigenvalue weighted by Crippen LogP contribution is 2.23. The minimum atomic E-state index is -0.297. The molecule has 0 aliphatic carbocycles. The summed E-state index contributed by atoms with van der Waals surface area (Å²) in [5, 5.41) is 8.11. The van der Waals surface area contributed by atoms with Gasteiger partial charge < -0.3 is 15.3 Å². The van der Waals surface area contributed by atoms with Gasteiger partial charge in [0, 0.05) is 23.3 Å². The molecule has 0 spiro atoms. The average molecular weight is 409 g/mol. The largest absolute Gasteiger partial charge is 0.354 e. The second-order valence-electron chi connectivity index (χ2n) is 7.27. The van der Waals surface area contributed by atoms with E-state index in [-0.39, 0.29) is 11.5 Å². The van der Waals surface area contributed by atoms with Crippen LogP contribution in [0.25, 0.3) is 22.2 Å². The standard InChI is InChI=1S/C24H19N5O2/c30-23(18-12-26-29(15-18)14-16-6-2-1-3-7-16)27-19-11-20(24(31)25-13-19)22-10-17-8-4-5-9-21(17)28-22/h1-13,15,28H,14H2,(H,25,31)(H,27,30). The van der Waals surface area contributed by atoms with E-state index in [2.05, 4.69) is 20.4 Å². The first-order valence-electron chi connectivity index (χ1n) is 9.84. The van der Waals surface area contributed by atoms with E-state index >= 15 is 0 Å². The Morgan fingerprint density at radius 2 is 1.84 bits per heavy atom. The highest BCUT2D eigenvalue weighted by molar-refractivity contribution is 6.04. The smallest absolute Gasteiger partial charge is 0.258 e. The van der Waals surface area contributed by atoms with E-state index in [0.717, 1.165) is 16.5 Å². The van der Waals surface area contributed by atoms with Gasteiger partial charge >= 0.3 is 0 Å².